The third-order valence-electron chi connectivity index (χ3n) is 5.06. The summed E-state index contributed by atoms with van der Waals surface area (Å²) in [6.45, 7) is 3.61. The fourth-order valence-electron chi connectivity index (χ4n) is 3.40. The maximum absolute atomic E-state index is 12.4. The molecule has 3 rings (SSSR count). The maximum Gasteiger partial charge on any atom is 0.311 e. The molecule has 1 aliphatic rings. The van der Waals surface area contributed by atoms with Crippen LogP contribution in [0.5, 0.6) is 0 Å². The lowest BCUT2D eigenvalue weighted by Gasteiger charge is -2.19. The predicted molar refractivity (Wildman–Crippen MR) is 120 cm³/mol. The summed E-state index contributed by atoms with van der Waals surface area (Å²) in [5.74, 6) is -1.78. The number of benzene rings is 2. The number of anilines is 2. The van der Waals surface area contributed by atoms with Gasteiger partial charge in [0, 0.05) is 33.8 Å². The number of nitrogens with zero attached hydrogens (tertiary/aromatic N) is 1. The van der Waals surface area contributed by atoms with E-state index in [2.05, 4.69) is 21.2 Å². The first kappa shape index (κ1) is 22.3. The highest BCUT2D eigenvalue weighted by atomic mass is 79.9. The molecule has 1 saturated heterocycles. The van der Waals surface area contributed by atoms with Gasteiger partial charge in [-0.15, -0.1) is 0 Å². The van der Waals surface area contributed by atoms with E-state index in [1.807, 2.05) is 26.0 Å². The van der Waals surface area contributed by atoms with Gasteiger partial charge in [-0.25, -0.2) is 0 Å². The minimum absolute atomic E-state index is 0.0408. The van der Waals surface area contributed by atoms with Crippen molar-refractivity contribution in [1.29, 1.82) is 0 Å². The summed E-state index contributed by atoms with van der Waals surface area (Å²) >= 11 is 9.55. The Morgan fingerprint density at radius 3 is 2.80 bits per heavy atom. The summed E-state index contributed by atoms with van der Waals surface area (Å²) in [5.41, 5.74) is 3.11. The predicted octanol–water partition coefficient (Wildman–Crippen LogP) is 4.51. The average Bonchev–Trinajstić information content (AvgIpc) is 3.11. The van der Waals surface area contributed by atoms with E-state index in [9.17, 15) is 14.4 Å². The molecule has 6 nitrogen and oxygen atoms in total. The minimum atomic E-state index is -0.623. The van der Waals surface area contributed by atoms with Crippen LogP contribution in [0.1, 0.15) is 24.5 Å². The number of ether oxygens (including phenoxy) is 1. The van der Waals surface area contributed by atoms with Crippen LogP contribution in [0.3, 0.4) is 0 Å². The number of rotatable bonds is 6. The molecule has 1 atom stereocenters. The van der Waals surface area contributed by atoms with Crippen molar-refractivity contribution in [2.24, 2.45) is 5.92 Å². The lowest BCUT2D eigenvalue weighted by molar-refractivity contribution is -0.151. The van der Waals surface area contributed by atoms with Crippen molar-refractivity contribution in [2.45, 2.75) is 26.7 Å². The molecule has 8 heteroatoms. The van der Waals surface area contributed by atoms with Gasteiger partial charge in [-0.3, -0.25) is 14.4 Å². The number of amides is 2. The van der Waals surface area contributed by atoms with Gasteiger partial charge in [0.2, 0.25) is 5.91 Å². The molecular formula is C22H22BrClN2O4. The molecule has 2 aromatic carbocycles. The van der Waals surface area contributed by atoms with Gasteiger partial charge in [0.1, 0.15) is 0 Å². The Labute approximate surface area is 188 Å². The van der Waals surface area contributed by atoms with Crippen molar-refractivity contribution in [3.8, 4) is 0 Å². The van der Waals surface area contributed by atoms with Crippen molar-refractivity contribution < 1.29 is 19.1 Å². The highest BCUT2D eigenvalue weighted by Crippen LogP contribution is 2.31. The number of halogens is 2. The van der Waals surface area contributed by atoms with Crippen LogP contribution in [-0.2, 0) is 25.5 Å². The second kappa shape index (κ2) is 9.62. The Kier molecular flexibility index (Phi) is 7.15. The van der Waals surface area contributed by atoms with Gasteiger partial charge in [0.15, 0.2) is 6.61 Å². The molecule has 0 bridgehead atoms. The van der Waals surface area contributed by atoms with Crippen LogP contribution in [0.25, 0.3) is 0 Å². The standard InChI is InChI=1S/C22H22BrClN2O4/c1-3-14-9-16(23)7-8-18(14)25-20(27)12-30-22(29)15-10-21(28)26(11-15)19-6-4-5-17(24)13(19)2/h4-9,15H,3,10-12H2,1-2H3,(H,25,27)/t15-/m1/s1. The molecule has 1 heterocycles. The van der Waals surface area contributed by atoms with Gasteiger partial charge in [-0.1, -0.05) is 40.5 Å². The summed E-state index contributed by atoms with van der Waals surface area (Å²) < 4.78 is 6.10. The van der Waals surface area contributed by atoms with Crippen molar-refractivity contribution in [3.63, 3.8) is 0 Å². The number of nitrogens with one attached hydrogen (secondary N) is 1. The van der Waals surface area contributed by atoms with Crippen LogP contribution >= 0.6 is 27.5 Å². The minimum Gasteiger partial charge on any atom is -0.455 e. The number of carbonyl (C=O) groups is 3. The monoisotopic (exact) mass is 492 g/mol. The van der Waals surface area contributed by atoms with E-state index in [0.717, 1.165) is 22.0 Å². The second-order valence-corrected chi connectivity index (χ2v) is 8.42. The second-order valence-electron chi connectivity index (χ2n) is 7.10. The first-order chi connectivity index (χ1) is 14.3. The van der Waals surface area contributed by atoms with Crippen LogP contribution in [0.2, 0.25) is 5.02 Å². The van der Waals surface area contributed by atoms with Crippen molar-refractivity contribution >= 4 is 56.7 Å². The van der Waals surface area contributed by atoms with Crippen molar-refractivity contribution in [2.75, 3.05) is 23.4 Å². The summed E-state index contributed by atoms with van der Waals surface area (Å²) in [6.07, 6.45) is 0.789. The maximum atomic E-state index is 12.4. The summed E-state index contributed by atoms with van der Waals surface area (Å²) in [5, 5.41) is 3.32. The summed E-state index contributed by atoms with van der Waals surface area (Å²) in [7, 11) is 0. The van der Waals surface area contributed by atoms with Crippen LogP contribution in [0, 0.1) is 12.8 Å². The van der Waals surface area contributed by atoms with E-state index < -0.39 is 24.4 Å². The zero-order chi connectivity index (χ0) is 21.8. The van der Waals surface area contributed by atoms with Gasteiger partial charge in [0.25, 0.3) is 5.91 Å². The topological polar surface area (TPSA) is 75.7 Å². The van der Waals surface area contributed by atoms with Gasteiger partial charge in [-0.05, 0) is 54.8 Å². The normalized spacial score (nSPS) is 15.9. The van der Waals surface area contributed by atoms with Crippen molar-refractivity contribution in [1.82, 2.24) is 0 Å². The van der Waals surface area contributed by atoms with Crippen LogP contribution in [-0.4, -0.2) is 30.9 Å². The molecule has 0 unspecified atom stereocenters. The Morgan fingerprint density at radius 2 is 2.07 bits per heavy atom. The number of esters is 1. The number of carbonyl (C=O) groups excluding carboxylic acids is 3. The number of aryl methyl sites for hydroxylation is 1. The van der Waals surface area contributed by atoms with Gasteiger partial charge in [-0.2, -0.15) is 0 Å². The molecule has 1 fully saturated rings. The largest absolute Gasteiger partial charge is 0.455 e. The SMILES string of the molecule is CCc1cc(Br)ccc1NC(=O)COC(=O)[C@@H]1CC(=O)N(c2cccc(Cl)c2C)C1. The van der Waals surface area contributed by atoms with Gasteiger partial charge in [0.05, 0.1) is 5.92 Å². The Balaban J connectivity index is 1.57. The average molecular weight is 494 g/mol. The Morgan fingerprint density at radius 1 is 1.30 bits per heavy atom. The van der Waals surface area contributed by atoms with Crippen LogP contribution in [0.4, 0.5) is 11.4 Å². The fourth-order valence-corrected chi connectivity index (χ4v) is 3.98. The highest BCUT2D eigenvalue weighted by molar-refractivity contribution is 9.10. The number of hydrogen-bond donors (Lipinski definition) is 1. The molecular weight excluding hydrogens is 472 g/mol. The molecule has 1 N–H and O–H groups in total. The molecule has 0 saturated carbocycles. The molecule has 0 spiro atoms. The van der Waals surface area contributed by atoms with Gasteiger partial charge < -0.3 is 15.0 Å². The molecule has 158 valence electrons. The van der Waals surface area contributed by atoms with E-state index in [-0.39, 0.29) is 18.9 Å². The quantitative estimate of drug-likeness (QED) is 0.601. The molecule has 0 aliphatic carbocycles. The lowest BCUT2D eigenvalue weighted by atomic mass is 10.1. The van der Waals surface area contributed by atoms with Crippen molar-refractivity contribution in [3.05, 3.63) is 57.0 Å². The Bertz CT molecular complexity index is 995. The zero-order valence-corrected chi connectivity index (χ0v) is 19.0. The van der Waals surface area contributed by atoms with E-state index in [1.165, 1.54) is 0 Å². The third-order valence-corrected chi connectivity index (χ3v) is 5.96. The van der Waals surface area contributed by atoms with Crippen LogP contribution in [0.15, 0.2) is 40.9 Å². The first-order valence-corrected chi connectivity index (χ1v) is 10.8. The van der Waals surface area contributed by atoms with Crippen LogP contribution < -0.4 is 10.2 Å². The molecule has 30 heavy (non-hydrogen) atoms. The van der Waals surface area contributed by atoms with E-state index >= 15 is 0 Å². The van der Waals surface area contributed by atoms with Gasteiger partial charge >= 0.3 is 5.97 Å². The molecule has 1 aliphatic heterocycles. The third kappa shape index (κ3) is 5.02. The van der Waals surface area contributed by atoms with E-state index in [4.69, 9.17) is 16.3 Å². The molecule has 2 aromatic rings. The first-order valence-electron chi connectivity index (χ1n) is 9.60. The summed E-state index contributed by atoms with van der Waals surface area (Å²) in [6, 6.07) is 10.9. The zero-order valence-electron chi connectivity index (χ0n) is 16.7. The smallest absolute Gasteiger partial charge is 0.311 e. The summed E-state index contributed by atoms with van der Waals surface area (Å²) in [4.78, 5) is 38.6. The Hall–Kier alpha value is -2.38. The lowest BCUT2D eigenvalue weighted by Crippen LogP contribution is -2.28. The van der Waals surface area contributed by atoms with E-state index in [0.29, 0.717) is 16.4 Å². The number of hydrogen-bond acceptors (Lipinski definition) is 4. The molecule has 2 amide bonds. The highest BCUT2D eigenvalue weighted by Gasteiger charge is 2.37. The molecule has 0 aromatic heterocycles. The molecule has 0 radical (unpaired) electrons. The van der Waals surface area contributed by atoms with E-state index in [1.54, 1.807) is 29.2 Å². The fraction of sp³-hybridized carbons (Fsp3) is 0.318.